The summed E-state index contributed by atoms with van der Waals surface area (Å²) in [6, 6.07) is 5.78. The number of nitrogens with zero attached hydrogens (tertiary/aromatic N) is 1. The van der Waals surface area contributed by atoms with Crippen LogP contribution in [0.1, 0.15) is 5.69 Å². The summed E-state index contributed by atoms with van der Waals surface area (Å²) in [7, 11) is 1.35. The topological polar surface area (TPSA) is 39.2 Å². The van der Waals surface area contributed by atoms with Gasteiger partial charge in [0, 0.05) is 24.4 Å². The van der Waals surface area contributed by atoms with E-state index in [1.165, 1.54) is 13.2 Å². The molecule has 0 saturated carbocycles. The van der Waals surface area contributed by atoms with Crippen LogP contribution in [0, 0.1) is 0 Å². The molecule has 1 rings (SSSR count). The predicted molar refractivity (Wildman–Crippen MR) is 58.2 cm³/mol. The number of hydrogen-bond acceptors (Lipinski definition) is 3. The Hall–Kier alpha value is -1.90. The quantitative estimate of drug-likeness (QED) is 0.426. The van der Waals surface area contributed by atoms with Crippen molar-refractivity contribution in [3.63, 3.8) is 0 Å². The standard InChI is InChI=1S/C12H13NO2/c1-15-12(14)9-4-2-3-7-11-8-5-6-10-13-11/h2-6,8-10H,7H2,1H3/b3-2+,9-4+. The molecule has 1 aromatic rings. The molecular formula is C12H13NO2. The van der Waals surface area contributed by atoms with Gasteiger partial charge >= 0.3 is 5.97 Å². The average molecular weight is 203 g/mol. The Morgan fingerprint density at radius 2 is 2.33 bits per heavy atom. The smallest absolute Gasteiger partial charge is 0.330 e. The van der Waals surface area contributed by atoms with E-state index in [0.29, 0.717) is 0 Å². The van der Waals surface area contributed by atoms with Crippen molar-refractivity contribution in [3.05, 3.63) is 54.4 Å². The lowest BCUT2D eigenvalue weighted by atomic mass is 10.2. The van der Waals surface area contributed by atoms with Crippen LogP contribution in [0.25, 0.3) is 0 Å². The zero-order valence-electron chi connectivity index (χ0n) is 8.59. The molecule has 3 heteroatoms. The van der Waals surface area contributed by atoms with Gasteiger partial charge in [0.25, 0.3) is 0 Å². The third-order valence-electron chi connectivity index (χ3n) is 1.73. The van der Waals surface area contributed by atoms with Gasteiger partial charge in [0.1, 0.15) is 0 Å². The fourth-order valence-electron chi connectivity index (χ4n) is 0.988. The van der Waals surface area contributed by atoms with Crippen molar-refractivity contribution in [3.8, 4) is 0 Å². The molecule has 1 aromatic heterocycles. The lowest BCUT2D eigenvalue weighted by Crippen LogP contribution is -1.92. The zero-order chi connectivity index (χ0) is 10.9. The summed E-state index contributed by atoms with van der Waals surface area (Å²) in [6.45, 7) is 0. The van der Waals surface area contributed by atoms with Crippen molar-refractivity contribution in [1.29, 1.82) is 0 Å². The molecule has 0 aliphatic rings. The van der Waals surface area contributed by atoms with Gasteiger partial charge in [-0.1, -0.05) is 24.3 Å². The fraction of sp³-hybridized carbons (Fsp3) is 0.167. The van der Waals surface area contributed by atoms with Gasteiger partial charge in [0.05, 0.1) is 7.11 Å². The number of esters is 1. The maximum atomic E-state index is 10.7. The molecule has 0 aliphatic heterocycles. The molecule has 78 valence electrons. The van der Waals surface area contributed by atoms with Crippen molar-refractivity contribution in [2.45, 2.75) is 6.42 Å². The molecule has 0 aromatic carbocycles. The van der Waals surface area contributed by atoms with Gasteiger partial charge in [0.15, 0.2) is 0 Å². The SMILES string of the molecule is COC(=O)/C=C/C=C/Cc1ccccn1. The van der Waals surface area contributed by atoms with Crippen LogP contribution in [0.5, 0.6) is 0 Å². The highest BCUT2D eigenvalue weighted by molar-refractivity contribution is 5.82. The number of carbonyl (C=O) groups excluding carboxylic acids is 1. The molecule has 3 nitrogen and oxygen atoms in total. The summed E-state index contributed by atoms with van der Waals surface area (Å²) in [5, 5.41) is 0. The summed E-state index contributed by atoms with van der Waals surface area (Å²) in [5.74, 6) is -0.350. The second-order valence-corrected chi connectivity index (χ2v) is 2.84. The van der Waals surface area contributed by atoms with Gasteiger partial charge in [-0.3, -0.25) is 4.98 Å². The maximum Gasteiger partial charge on any atom is 0.330 e. The number of ether oxygens (including phenoxy) is 1. The molecule has 0 bridgehead atoms. The van der Waals surface area contributed by atoms with Crippen LogP contribution >= 0.6 is 0 Å². The first kappa shape index (κ1) is 11.2. The number of hydrogen-bond donors (Lipinski definition) is 0. The number of carbonyl (C=O) groups is 1. The highest BCUT2D eigenvalue weighted by atomic mass is 16.5. The highest BCUT2D eigenvalue weighted by Gasteiger charge is 1.88. The van der Waals surface area contributed by atoms with Crippen LogP contribution in [0.4, 0.5) is 0 Å². The third kappa shape index (κ3) is 4.76. The summed E-state index contributed by atoms with van der Waals surface area (Å²) < 4.78 is 4.44. The Balaban J connectivity index is 2.35. The van der Waals surface area contributed by atoms with E-state index in [1.807, 2.05) is 24.3 Å². The van der Waals surface area contributed by atoms with E-state index in [0.717, 1.165) is 12.1 Å². The lowest BCUT2D eigenvalue weighted by molar-refractivity contribution is -0.134. The van der Waals surface area contributed by atoms with Crippen molar-refractivity contribution in [2.75, 3.05) is 7.11 Å². The van der Waals surface area contributed by atoms with Crippen LogP contribution < -0.4 is 0 Å². The summed E-state index contributed by atoms with van der Waals surface area (Å²) in [5.41, 5.74) is 1.00. The Kier molecular flexibility index (Phi) is 4.87. The molecule has 0 spiro atoms. The van der Waals surface area contributed by atoms with Crippen LogP contribution in [0.3, 0.4) is 0 Å². The second kappa shape index (κ2) is 6.54. The van der Waals surface area contributed by atoms with E-state index in [1.54, 1.807) is 18.3 Å². The van der Waals surface area contributed by atoms with E-state index in [4.69, 9.17) is 0 Å². The molecule has 0 amide bonds. The minimum absolute atomic E-state index is 0.350. The molecule has 1 heterocycles. The van der Waals surface area contributed by atoms with Gasteiger partial charge in [-0.05, 0) is 12.1 Å². The number of pyridine rings is 1. The first-order valence-electron chi connectivity index (χ1n) is 4.64. The largest absolute Gasteiger partial charge is 0.466 e. The molecule has 0 radical (unpaired) electrons. The molecule has 0 unspecified atom stereocenters. The van der Waals surface area contributed by atoms with E-state index in [9.17, 15) is 4.79 Å². The van der Waals surface area contributed by atoms with Crippen LogP contribution in [-0.4, -0.2) is 18.1 Å². The van der Waals surface area contributed by atoms with Crippen molar-refractivity contribution < 1.29 is 9.53 Å². The fourth-order valence-corrected chi connectivity index (χ4v) is 0.988. The van der Waals surface area contributed by atoms with Crippen molar-refractivity contribution >= 4 is 5.97 Å². The number of allylic oxidation sites excluding steroid dienone is 3. The van der Waals surface area contributed by atoms with E-state index in [-0.39, 0.29) is 5.97 Å². The van der Waals surface area contributed by atoms with Crippen molar-refractivity contribution in [2.24, 2.45) is 0 Å². The minimum Gasteiger partial charge on any atom is -0.466 e. The number of aromatic nitrogens is 1. The Bertz CT molecular complexity index is 355. The Morgan fingerprint density at radius 1 is 1.47 bits per heavy atom. The molecule has 15 heavy (non-hydrogen) atoms. The van der Waals surface area contributed by atoms with E-state index < -0.39 is 0 Å². The van der Waals surface area contributed by atoms with Gasteiger partial charge in [0.2, 0.25) is 0 Å². The first-order valence-corrected chi connectivity index (χ1v) is 4.64. The summed E-state index contributed by atoms with van der Waals surface area (Å²) in [4.78, 5) is 14.9. The maximum absolute atomic E-state index is 10.7. The minimum atomic E-state index is -0.350. The van der Waals surface area contributed by atoms with Crippen LogP contribution in [-0.2, 0) is 16.0 Å². The molecule has 0 saturated heterocycles. The predicted octanol–water partition coefficient (Wildman–Crippen LogP) is 1.91. The van der Waals surface area contributed by atoms with Crippen molar-refractivity contribution in [1.82, 2.24) is 4.98 Å². The average Bonchev–Trinajstić information content (AvgIpc) is 2.29. The normalized spacial score (nSPS) is 11.0. The summed E-state index contributed by atoms with van der Waals surface area (Å²) >= 11 is 0. The Labute approximate surface area is 89.1 Å². The first-order chi connectivity index (χ1) is 7.33. The van der Waals surface area contributed by atoms with Gasteiger partial charge in [-0.25, -0.2) is 4.79 Å². The van der Waals surface area contributed by atoms with E-state index >= 15 is 0 Å². The molecule has 0 N–H and O–H groups in total. The lowest BCUT2D eigenvalue weighted by Gasteiger charge is -1.91. The highest BCUT2D eigenvalue weighted by Crippen LogP contribution is 1.95. The molecule has 0 fully saturated rings. The summed E-state index contributed by atoms with van der Waals surface area (Å²) in [6.07, 6.45) is 9.26. The van der Waals surface area contributed by atoms with E-state index in [2.05, 4.69) is 9.72 Å². The molecule has 0 atom stereocenters. The molecular weight excluding hydrogens is 190 g/mol. The molecule has 0 aliphatic carbocycles. The second-order valence-electron chi connectivity index (χ2n) is 2.84. The number of rotatable bonds is 4. The third-order valence-corrected chi connectivity index (χ3v) is 1.73. The van der Waals surface area contributed by atoms with Gasteiger partial charge in [-0.15, -0.1) is 0 Å². The zero-order valence-corrected chi connectivity index (χ0v) is 8.59. The van der Waals surface area contributed by atoms with Gasteiger partial charge in [-0.2, -0.15) is 0 Å². The number of methoxy groups -OCH3 is 1. The van der Waals surface area contributed by atoms with Gasteiger partial charge < -0.3 is 4.74 Å². The Morgan fingerprint density at radius 3 is 3.00 bits per heavy atom. The monoisotopic (exact) mass is 203 g/mol. The van der Waals surface area contributed by atoms with Crippen LogP contribution in [0.15, 0.2) is 48.7 Å². The van der Waals surface area contributed by atoms with Crippen LogP contribution in [0.2, 0.25) is 0 Å².